The molecule has 20 heavy (non-hydrogen) atoms. The van der Waals surface area contributed by atoms with Crippen molar-refractivity contribution in [3.05, 3.63) is 71.3 Å². The topological polar surface area (TPSA) is 32.3 Å². The van der Waals surface area contributed by atoms with E-state index in [0.29, 0.717) is 6.54 Å². The predicted octanol–water partition coefficient (Wildman–Crippen LogP) is 3.45. The van der Waals surface area contributed by atoms with Gasteiger partial charge in [-0.1, -0.05) is 54.6 Å². The number of benzene rings is 2. The van der Waals surface area contributed by atoms with Crippen molar-refractivity contribution in [2.24, 2.45) is 0 Å². The third-order valence-corrected chi connectivity index (χ3v) is 3.17. The van der Waals surface area contributed by atoms with Crippen LogP contribution in [0.15, 0.2) is 54.6 Å². The molecule has 0 saturated carbocycles. The van der Waals surface area contributed by atoms with Crippen LogP contribution < -0.4 is 5.32 Å². The number of hydrogen-bond donors (Lipinski definition) is 2. The Morgan fingerprint density at radius 2 is 1.55 bits per heavy atom. The lowest BCUT2D eigenvalue weighted by atomic mass is 10.1. The van der Waals surface area contributed by atoms with Gasteiger partial charge < -0.3 is 10.4 Å². The zero-order valence-corrected chi connectivity index (χ0v) is 11.0. The summed E-state index contributed by atoms with van der Waals surface area (Å²) in [6, 6.07) is 15.7. The van der Waals surface area contributed by atoms with Gasteiger partial charge in [0.1, 0.15) is 0 Å². The van der Waals surface area contributed by atoms with Crippen LogP contribution in [0.25, 0.3) is 0 Å². The van der Waals surface area contributed by atoms with Gasteiger partial charge in [0, 0.05) is 12.1 Å². The molecule has 0 amide bonds. The first-order valence-corrected chi connectivity index (χ1v) is 6.47. The Hall–Kier alpha value is -1.78. The number of aliphatic hydroxyl groups excluding tert-OH is 1. The summed E-state index contributed by atoms with van der Waals surface area (Å²) < 4.78 is 24.9. The SMILES string of the molecule is OCC(NCc1ccc(C(F)F)cc1)c1ccccc1. The third-order valence-electron chi connectivity index (χ3n) is 3.17. The molecule has 0 aliphatic heterocycles. The van der Waals surface area contributed by atoms with E-state index in [1.807, 2.05) is 30.3 Å². The molecule has 1 unspecified atom stereocenters. The van der Waals surface area contributed by atoms with Crippen molar-refractivity contribution in [1.82, 2.24) is 5.32 Å². The number of rotatable bonds is 6. The van der Waals surface area contributed by atoms with E-state index >= 15 is 0 Å². The zero-order valence-electron chi connectivity index (χ0n) is 11.0. The fourth-order valence-corrected chi connectivity index (χ4v) is 2.00. The van der Waals surface area contributed by atoms with E-state index in [2.05, 4.69) is 5.32 Å². The van der Waals surface area contributed by atoms with Gasteiger partial charge in [-0.25, -0.2) is 8.78 Å². The van der Waals surface area contributed by atoms with E-state index in [4.69, 9.17) is 0 Å². The van der Waals surface area contributed by atoms with Crippen molar-refractivity contribution >= 4 is 0 Å². The number of hydrogen-bond acceptors (Lipinski definition) is 2. The Kier molecular flexibility index (Phi) is 5.21. The minimum Gasteiger partial charge on any atom is -0.394 e. The summed E-state index contributed by atoms with van der Waals surface area (Å²) in [5.74, 6) is 0. The molecular formula is C16H17F2NO. The molecule has 0 bridgehead atoms. The van der Waals surface area contributed by atoms with Crippen molar-refractivity contribution in [2.75, 3.05) is 6.61 Å². The van der Waals surface area contributed by atoms with E-state index in [1.165, 1.54) is 12.1 Å². The molecule has 0 spiro atoms. The van der Waals surface area contributed by atoms with Gasteiger partial charge in [-0.05, 0) is 11.1 Å². The maximum atomic E-state index is 12.4. The molecule has 2 aromatic rings. The van der Waals surface area contributed by atoms with E-state index in [-0.39, 0.29) is 18.2 Å². The lowest BCUT2D eigenvalue weighted by Crippen LogP contribution is -2.23. The van der Waals surface area contributed by atoms with Crippen LogP contribution in [0.2, 0.25) is 0 Å². The lowest BCUT2D eigenvalue weighted by Gasteiger charge is -2.16. The summed E-state index contributed by atoms with van der Waals surface area (Å²) in [6.45, 7) is 0.503. The van der Waals surface area contributed by atoms with Crippen molar-refractivity contribution in [3.8, 4) is 0 Å². The van der Waals surface area contributed by atoms with Gasteiger partial charge in [0.05, 0.1) is 12.6 Å². The molecule has 0 saturated heterocycles. The highest BCUT2D eigenvalue weighted by Crippen LogP contribution is 2.19. The van der Waals surface area contributed by atoms with E-state index in [0.717, 1.165) is 11.1 Å². The summed E-state index contributed by atoms with van der Waals surface area (Å²) in [5, 5.41) is 12.6. The average Bonchev–Trinajstić information content (AvgIpc) is 2.49. The van der Waals surface area contributed by atoms with Crippen LogP contribution in [0.1, 0.15) is 29.2 Å². The highest BCUT2D eigenvalue weighted by Gasteiger charge is 2.10. The Labute approximate surface area is 117 Å². The van der Waals surface area contributed by atoms with Crippen molar-refractivity contribution in [1.29, 1.82) is 0 Å². The van der Waals surface area contributed by atoms with Gasteiger partial charge in [-0.15, -0.1) is 0 Å². The van der Waals surface area contributed by atoms with Crippen LogP contribution in [-0.4, -0.2) is 11.7 Å². The monoisotopic (exact) mass is 277 g/mol. The lowest BCUT2D eigenvalue weighted by molar-refractivity contribution is 0.151. The number of nitrogens with one attached hydrogen (secondary N) is 1. The second kappa shape index (κ2) is 7.12. The second-order valence-corrected chi connectivity index (χ2v) is 4.57. The van der Waals surface area contributed by atoms with Gasteiger partial charge in [0.15, 0.2) is 0 Å². The Balaban J connectivity index is 1.96. The Morgan fingerprint density at radius 1 is 0.900 bits per heavy atom. The van der Waals surface area contributed by atoms with E-state index in [9.17, 15) is 13.9 Å². The predicted molar refractivity (Wildman–Crippen MR) is 74.5 cm³/mol. The van der Waals surface area contributed by atoms with Crippen molar-refractivity contribution in [3.63, 3.8) is 0 Å². The quantitative estimate of drug-likeness (QED) is 0.847. The summed E-state index contributed by atoms with van der Waals surface area (Å²) >= 11 is 0. The molecule has 0 heterocycles. The zero-order chi connectivity index (χ0) is 14.4. The molecule has 0 aromatic heterocycles. The van der Waals surface area contributed by atoms with Crippen LogP contribution in [0.4, 0.5) is 8.78 Å². The standard InChI is InChI=1S/C16H17F2NO/c17-16(18)14-8-6-12(7-9-14)10-19-15(11-20)13-4-2-1-3-5-13/h1-9,15-16,19-20H,10-11H2. The number of aliphatic hydroxyl groups is 1. The van der Waals surface area contributed by atoms with Crippen LogP contribution in [0.5, 0.6) is 0 Å². The first-order valence-electron chi connectivity index (χ1n) is 6.47. The molecule has 2 nitrogen and oxygen atoms in total. The molecule has 2 N–H and O–H groups in total. The molecular weight excluding hydrogens is 260 g/mol. The van der Waals surface area contributed by atoms with Gasteiger partial charge in [-0.3, -0.25) is 0 Å². The minimum atomic E-state index is -2.44. The molecule has 106 valence electrons. The number of alkyl halides is 2. The molecule has 0 aliphatic carbocycles. The molecule has 0 fully saturated rings. The summed E-state index contributed by atoms with van der Waals surface area (Å²) in [5.41, 5.74) is 1.93. The molecule has 1 atom stereocenters. The van der Waals surface area contributed by atoms with Gasteiger partial charge in [0.25, 0.3) is 6.43 Å². The second-order valence-electron chi connectivity index (χ2n) is 4.57. The third kappa shape index (κ3) is 3.85. The Bertz CT molecular complexity index is 514. The highest BCUT2D eigenvalue weighted by atomic mass is 19.3. The van der Waals surface area contributed by atoms with Gasteiger partial charge in [0.2, 0.25) is 0 Å². The van der Waals surface area contributed by atoms with Crippen molar-refractivity contribution in [2.45, 2.75) is 19.0 Å². The molecule has 0 aliphatic rings. The Morgan fingerprint density at radius 3 is 2.10 bits per heavy atom. The summed E-state index contributed by atoms with van der Waals surface area (Å²) in [6.07, 6.45) is -2.44. The number of halogens is 2. The van der Waals surface area contributed by atoms with Gasteiger partial charge in [-0.2, -0.15) is 0 Å². The summed E-state index contributed by atoms with van der Waals surface area (Å²) in [4.78, 5) is 0. The molecule has 4 heteroatoms. The van der Waals surface area contributed by atoms with E-state index < -0.39 is 6.43 Å². The minimum absolute atomic E-state index is 0.0148. The maximum absolute atomic E-state index is 12.4. The van der Waals surface area contributed by atoms with Crippen LogP contribution in [-0.2, 0) is 6.54 Å². The average molecular weight is 277 g/mol. The van der Waals surface area contributed by atoms with Crippen molar-refractivity contribution < 1.29 is 13.9 Å². The normalized spacial score (nSPS) is 12.6. The smallest absolute Gasteiger partial charge is 0.263 e. The van der Waals surface area contributed by atoms with Crippen LogP contribution >= 0.6 is 0 Å². The molecule has 2 aromatic carbocycles. The summed E-state index contributed by atoms with van der Waals surface area (Å²) in [7, 11) is 0. The maximum Gasteiger partial charge on any atom is 0.263 e. The first kappa shape index (κ1) is 14.6. The fraction of sp³-hybridized carbons (Fsp3) is 0.250. The molecule has 0 radical (unpaired) electrons. The molecule has 2 rings (SSSR count). The highest BCUT2D eigenvalue weighted by molar-refractivity contribution is 5.24. The largest absolute Gasteiger partial charge is 0.394 e. The van der Waals surface area contributed by atoms with Crippen LogP contribution in [0.3, 0.4) is 0 Å². The first-order chi connectivity index (χ1) is 9.70. The fourth-order valence-electron chi connectivity index (χ4n) is 2.00. The van der Waals surface area contributed by atoms with Crippen LogP contribution in [0, 0.1) is 0 Å². The van der Waals surface area contributed by atoms with E-state index in [1.54, 1.807) is 12.1 Å². The van der Waals surface area contributed by atoms with Gasteiger partial charge >= 0.3 is 0 Å².